The highest BCUT2D eigenvalue weighted by molar-refractivity contribution is 6.00. The van der Waals surface area contributed by atoms with Crippen molar-refractivity contribution in [3.8, 4) is 5.75 Å². The Morgan fingerprint density at radius 2 is 1.84 bits per heavy atom. The standard InChI is InChI=1S/C24H28N2O5/c1-4-17-7-5-6-8-21(17)25-22(27)15-30-24(29)18-13-23(28)26(14-18)19-9-11-20(12-10-19)31-16(2)3/h5-12,16,18H,4,13-15H2,1-3H3,(H,25,27). The number of benzene rings is 2. The summed E-state index contributed by atoms with van der Waals surface area (Å²) in [4.78, 5) is 38.6. The van der Waals surface area contributed by atoms with E-state index in [-0.39, 0.29) is 31.6 Å². The minimum atomic E-state index is -0.602. The first-order chi connectivity index (χ1) is 14.9. The first kappa shape index (κ1) is 22.3. The fourth-order valence-corrected chi connectivity index (χ4v) is 3.48. The molecule has 2 aromatic rings. The summed E-state index contributed by atoms with van der Waals surface area (Å²) < 4.78 is 10.8. The van der Waals surface area contributed by atoms with Crippen molar-refractivity contribution in [1.82, 2.24) is 0 Å². The van der Waals surface area contributed by atoms with Crippen LogP contribution in [0.25, 0.3) is 0 Å². The topological polar surface area (TPSA) is 84.9 Å². The summed E-state index contributed by atoms with van der Waals surface area (Å²) in [6, 6.07) is 14.7. The third kappa shape index (κ3) is 5.84. The van der Waals surface area contributed by atoms with Gasteiger partial charge in [-0.15, -0.1) is 0 Å². The van der Waals surface area contributed by atoms with Gasteiger partial charge < -0.3 is 19.7 Å². The Labute approximate surface area is 182 Å². The van der Waals surface area contributed by atoms with Crippen molar-refractivity contribution in [2.75, 3.05) is 23.4 Å². The van der Waals surface area contributed by atoms with E-state index in [1.165, 1.54) is 0 Å². The molecular formula is C24H28N2O5. The number of rotatable bonds is 8. The van der Waals surface area contributed by atoms with Crippen LogP contribution in [0.15, 0.2) is 48.5 Å². The van der Waals surface area contributed by atoms with Gasteiger partial charge in [0.2, 0.25) is 5.91 Å². The maximum atomic E-state index is 12.4. The third-order valence-electron chi connectivity index (χ3n) is 5.00. The number of carbonyl (C=O) groups excluding carboxylic acids is 3. The molecule has 3 rings (SSSR count). The van der Waals surface area contributed by atoms with E-state index in [1.807, 2.05) is 45.0 Å². The van der Waals surface area contributed by atoms with Crippen molar-refractivity contribution in [3.63, 3.8) is 0 Å². The summed E-state index contributed by atoms with van der Waals surface area (Å²) in [6.45, 7) is 5.72. The van der Waals surface area contributed by atoms with Crippen molar-refractivity contribution in [2.24, 2.45) is 5.92 Å². The second-order valence-corrected chi connectivity index (χ2v) is 7.73. The minimum Gasteiger partial charge on any atom is -0.491 e. The van der Waals surface area contributed by atoms with Gasteiger partial charge in [0.15, 0.2) is 6.61 Å². The first-order valence-corrected chi connectivity index (χ1v) is 10.5. The molecule has 0 spiro atoms. The fraction of sp³-hybridized carbons (Fsp3) is 0.375. The molecule has 2 aromatic carbocycles. The minimum absolute atomic E-state index is 0.0589. The van der Waals surface area contributed by atoms with E-state index in [4.69, 9.17) is 9.47 Å². The maximum absolute atomic E-state index is 12.4. The van der Waals surface area contributed by atoms with Crippen LogP contribution in [0.4, 0.5) is 11.4 Å². The Kier molecular flexibility index (Phi) is 7.28. The zero-order chi connectivity index (χ0) is 22.4. The van der Waals surface area contributed by atoms with Crippen LogP contribution < -0.4 is 15.0 Å². The first-order valence-electron chi connectivity index (χ1n) is 10.5. The third-order valence-corrected chi connectivity index (χ3v) is 5.00. The van der Waals surface area contributed by atoms with Crippen molar-refractivity contribution in [2.45, 2.75) is 39.7 Å². The molecule has 31 heavy (non-hydrogen) atoms. The molecule has 0 bridgehead atoms. The van der Waals surface area contributed by atoms with Crippen LogP contribution in [0.2, 0.25) is 0 Å². The number of esters is 1. The molecule has 1 N–H and O–H groups in total. The van der Waals surface area contributed by atoms with Crippen molar-refractivity contribution in [3.05, 3.63) is 54.1 Å². The Morgan fingerprint density at radius 3 is 2.52 bits per heavy atom. The van der Waals surface area contributed by atoms with Crippen LogP contribution in [0, 0.1) is 5.92 Å². The van der Waals surface area contributed by atoms with Gasteiger partial charge in [0.05, 0.1) is 12.0 Å². The molecular weight excluding hydrogens is 396 g/mol. The lowest BCUT2D eigenvalue weighted by Crippen LogP contribution is -2.28. The number of para-hydroxylation sites is 1. The summed E-state index contributed by atoms with van der Waals surface area (Å²) >= 11 is 0. The summed E-state index contributed by atoms with van der Waals surface area (Å²) in [6.07, 6.45) is 0.899. The molecule has 0 aromatic heterocycles. The highest BCUT2D eigenvalue weighted by Gasteiger charge is 2.36. The van der Waals surface area contributed by atoms with Crippen LogP contribution >= 0.6 is 0 Å². The second kappa shape index (κ2) is 10.1. The van der Waals surface area contributed by atoms with Gasteiger partial charge in [0.1, 0.15) is 5.75 Å². The van der Waals surface area contributed by atoms with Crippen LogP contribution in [0.3, 0.4) is 0 Å². The van der Waals surface area contributed by atoms with E-state index in [1.54, 1.807) is 29.2 Å². The predicted octanol–water partition coefficient (Wildman–Crippen LogP) is 3.57. The van der Waals surface area contributed by atoms with Gasteiger partial charge in [-0.25, -0.2) is 0 Å². The molecule has 1 aliphatic heterocycles. The van der Waals surface area contributed by atoms with Crippen LogP contribution in [-0.2, 0) is 25.5 Å². The molecule has 0 saturated carbocycles. The maximum Gasteiger partial charge on any atom is 0.311 e. The fourth-order valence-electron chi connectivity index (χ4n) is 3.48. The van der Waals surface area contributed by atoms with E-state index >= 15 is 0 Å². The predicted molar refractivity (Wildman–Crippen MR) is 118 cm³/mol. The van der Waals surface area contributed by atoms with Crippen molar-refractivity contribution in [1.29, 1.82) is 0 Å². The SMILES string of the molecule is CCc1ccccc1NC(=O)COC(=O)C1CC(=O)N(c2ccc(OC(C)C)cc2)C1. The molecule has 2 amide bonds. The van der Waals surface area contributed by atoms with Gasteiger partial charge in [-0.2, -0.15) is 0 Å². The largest absolute Gasteiger partial charge is 0.491 e. The highest BCUT2D eigenvalue weighted by atomic mass is 16.5. The Morgan fingerprint density at radius 1 is 1.13 bits per heavy atom. The number of aryl methyl sites for hydroxylation is 1. The summed E-state index contributed by atoms with van der Waals surface area (Å²) in [5, 5.41) is 2.76. The van der Waals surface area contributed by atoms with Gasteiger partial charge in [-0.3, -0.25) is 14.4 Å². The zero-order valence-corrected chi connectivity index (χ0v) is 18.1. The average Bonchev–Trinajstić information content (AvgIpc) is 3.14. The van der Waals surface area contributed by atoms with Crippen molar-refractivity contribution < 1.29 is 23.9 Å². The molecule has 1 atom stereocenters. The summed E-state index contributed by atoms with van der Waals surface area (Å²) in [5.41, 5.74) is 2.41. The van der Waals surface area contributed by atoms with E-state index in [2.05, 4.69) is 5.32 Å². The zero-order valence-electron chi connectivity index (χ0n) is 18.1. The van der Waals surface area contributed by atoms with Gasteiger partial charge in [-0.1, -0.05) is 25.1 Å². The molecule has 1 unspecified atom stereocenters. The van der Waals surface area contributed by atoms with Crippen LogP contribution in [0.1, 0.15) is 32.8 Å². The molecule has 0 radical (unpaired) electrons. The van der Waals surface area contributed by atoms with Gasteiger partial charge in [0, 0.05) is 24.3 Å². The smallest absolute Gasteiger partial charge is 0.311 e. The van der Waals surface area contributed by atoms with Gasteiger partial charge >= 0.3 is 5.97 Å². The lowest BCUT2D eigenvalue weighted by atomic mass is 10.1. The Balaban J connectivity index is 1.52. The quantitative estimate of drug-likeness (QED) is 0.655. The molecule has 1 heterocycles. The van der Waals surface area contributed by atoms with Crippen LogP contribution in [0.5, 0.6) is 5.75 Å². The lowest BCUT2D eigenvalue weighted by molar-refractivity contribution is -0.151. The number of hydrogen-bond acceptors (Lipinski definition) is 5. The number of anilines is 2. The molecule has 7 nitrogen and oxygen atoms in total. The number of nitrogens with one attached hydrogen (secondary N) is 1. The molecule has 164 valence electrons. The van der Waals surface area contributed by atoms with Crippen molar-refractivity contribution >= 4 is 29.2 Å². The monoisotopic (exact) mass is 424 g/mol. The molecule has 1 saturated heterocycles. The number of ether oxygens (including phenoxy) is 2. The lowest BCUT2D eigenvalue weighted by Gasteiger charge is -2.17. The van der Waals surface area contributed by atoms with E-state index < -0.39 is 17.8 Å². The van der Waals surface area contributed by atoms with Crippen LogP contribution in [-0.4, -0.2) is 37.0 Å². The highest BCUT2D eigenvalue weighted by Crippen LogP contribution is 2.27. The van der Waals surface area contributed by atoms with E-state index in [9.17, 15) is 14.4 Å². The van der Waals surface area contributed by atoms with E-state index in [0.29, 0.717) is 11.4 Å². The molecule has 7 heteroatoms. The summed E-state index contributed by atoms with van der Waals surface area (Å²) in [5.74, 6) is -0.988. The normalized spacial score (nSPS) is 15.8. The van der Waals surface area contributed by atoms with Gasteiger partial charge in [0.25, 0.3) is 5.91 Å². The summed E-state index contributed by atoms with van der Waals surface area (Å²) in [7, 11) is 0. The Bertz CT molecular complexity index is 939. The Hall–Kier alpha value is -3.35. The number of carbonyl (C=O) groups is 3. The molecule has 1 aliphatic rings. The number of nitrogens with zero attached hydrogens (tertiary/aromatic N) is 1. The average molecular weight is 424 g/mol. The molecule has 0 aliphatic carbocycles. The number of amides is 2. The van der Waals surface area contributed by atoms with E-state index in [0.717, 1.165) is 17.7 Å². The van der Waals surface area contributed by atoms with Gasteiger partial charge in [-0.05, 0) is 56.2 Å². The second-order valence-electron chi connectivity index (χ2n) is 7.73. The number of hydrogen-bond donors (Lipinski definition) is 1. The molecule has 1 fully saturated rings.